The van der Waals surface area contributed by atoms with E-state index in [1.165, 1.54) is 4.88 Å². The lowest BCUT2D eigenvalue weighted by molar-refractivity contribution is 0.126. The van der Waals surface area contributed by atoms with Crippen LogP contribution in [-0.2, 0) is 24.2 Å². The fourth-order valence-electron chi connectivity index (χ4n) is 1.67. The Hall–Kier alpha value is -1.24. The van der Waals surface area contributed by atoms with Gasteiger partial charge in [-0.3, -0.25) is 0 Å². The quantitative estimate of drug-likeness (QED) is 0.711. The normalized spacial score (nSPS) is 11.0. The first kappa shape index (κ1) is 14.2. The van der Waals surface area contributed by atoms with Crippen LogP contribution in [0.3, 0.4) is 0 Å². The van der Waals surface area contributed by atoms with Crippen LogP contribution in [0.4, 0.5) is 0 Å². The summed E-state index contributed by atoms with van der Waals surface area (Å²) >= 11 is 1.77. The van der Waals surface area contributed by atoms with Gasteiger partial charge in [0.2, 0.25) is 0 Å². The van der Waals surface area contributed by atoms with Crippen LogP contribution in [0.2, 0.25) is 0 Å². The molecule has 0 fully saturated rings. The molecule has 0 saturated carbocycles. The summed E-state index contributed by atoms with van der Waals surface area (Å²) in [4.78, 5) is 1.37. The summed E-state index contributed by atoms with van der Waals surface area (Å²) in [5.74, 6) is 0. The number of hydrogen-bond donors (Lipinski definition) is 1. The van der Waals surface area contributed by atoms with E-state index in [4.69, 9.17) is 4.74 Å². The molecule has 2 heterocycles. The van der Waals surface area contributed by atoms with Crippen LogP contribution in [0.5, 0.6) is 0 Å². The minimum Gasteiger partial charge on any atom is -0.379 e. The minimum absolute atomic E-state index is 0.676. The van der Waals surface area contributed by atoms with Gasteiger partial charge in [-0.25, -0.2) is 4.68 Å². The number of rotatable bonds is 9. The molecule has 0 atom stereocenters. The van der Waals surface area contributed by atoms with Crippen molar-refractivity contribution in [3.8, 4) is 0 Å². The average molecular weight is 280 g/mol. The second kappa shape index (κ2) is 8.04. The van der Waals surface area contributed by atoms with Crippen LogP contribution in [0.25, 0.3) is 0 Å². The van der Waals surface area contributed by atoms with Gasteiger partial charge in [-0.05, 0) is 18.0 Å². The van der Waals surface area contributed by atoms with Crippen LogP contribution in [0, 0.1) is 0 Å². The first-order chi connectivity index (χ1) is 9.38. The molecule has 1 N–H and O–H groups in total. The van der Waals surface area contributed by atoms with Crippen LogP contribution in [-0.4, -0.2) is 34.8 Å². The Kier molecular flexibility index (Phi) is 6.00. The Balaban J connectivity index is 1.58. The molecule has 2 aromatic rings. The van der Waals surface area contributed by atoms with Crippen molar-refractivity contribution in [1.82, 2.24) is 20.3 Å². The Morgan fingerprint density at radius 2 is 2.37 bits per heavy atom. The summed E-state index contributed by atoms with van der Waals surface area (Å²) in [5.41, 5.74) is 0.973. The predicted octanol–water partition coefficient (Wildman–Crippen LogP) is 1.71. The number of hydrogen-bond acceptors (Lipinski definition) is 5. The largest absolute Gasteiger partial charge is 0.379 e. The van der Waals surface area contributed by atoms with E-state index in [-0.39, 0.29) is 0 Å². The number of ether oxygens (including phenoxy) is 1. The maximum atomic E-state index is 5.60. The zero-order valence-corrected chi connectivity index (χ0v) is 12.0. The van der Waals surface area contributed by atoms with Gasteiger partial charge >= 0.3 is 0 Å². The zero-order valence-electron chi connectivity index (χ0n) is 11.2. The molecule has 2 rings (SSSR count). The van der Waals surface area contributed by atoms with E-state index in [1.807, 2.05) is 10.9 Å². The zero-order chi connectivity index (χ0) is 13.3. The van der Waals surface area contributed by atoms with E-state index in [9.17, 15) is 0 Å². The molecule has 0 saturated heterocycles. The standard InChI is InChI=1S/C13H20N4OS/c1-2-14-10-12-11-17(16-15-12)6-8-18-7-5-13-4-3-9-19-13/h3-4,9,11,14H,2,5-8,10H2,1H3. The fourth-order valence-corrected chi connectivity index (χ4v) is 2.36. The Morgan fingerprint density at radius 1 is 1.42 bits per heavy atom. The van der Waals surface area contributed by atoms with Crippen LogP contribution >= 0.6 is 11.3 Å². The van der Waals surface area contributed by atoms with Crippen molar-refractivity contribution in [3.05, 3.63) is 34.3 Å². The maximum absolute atomic E-state index is 5.60. The maximum Gasteiger partial charge on any atom is 0.0964 e. The molecule has 0 amide bonds. The molecule has 0 bridgehead atoms. The highest BCUT2D eigenvalue weighted by molar-refractivity contribution is 7.09. The molecule has 0 unspecified atom stereocenters. The summed E-state index contributed by atoms with van der Waals surface area (Å²) < 4.78 is 7.43. The van der Waals surface area contributed by atoms with Crippen molar-refractivity contribution in [3.63, 3.8) is 0 Å². The van der Waals surface area contributed by atoms with E-state index < -0.39 is 0 Å². The third-order valence-corrected chi connectivity index (χ3v) is 3.62. The van der Waals surface area contributed by atoms with E-state index >= 15 is 0 Å². The van der Waals surface area contributed by atoms with Crippen molar-refractivity contribution in [2.24, 2.45) is 0 Å². The molecule has 6 heteroatoms. The summed E-state index contributed by atoms with van der Waals surface area (Å²) in [5, 5.41) is 13.5. The van der Waals surface area contributed by atoms with Gasteiger partial charge in [0.1, 0.15) is 0 Å². The second-order valence-electron chi connectivity index (χ2n) is 4.20. The van der Waals surface area contributed by atoms with Crippen molar-refractivity contribution in [2.75, 3.05) is 19.8 Å². The third kappa shape index (κ3) is 5.10. The first-order valence-electron chi connectivity index (χ1n) is 6.58. The van der Waals surface area contributed by atoms with Gasteiger partial charge in [0.05, 0.1) is 25.5 Å². The van der Waals surface area contributed by atoms with Crippen LogP contribution in [0.15, 0.2) is 23.7 Å². The number of nitrogens with zero attached hydrogens (tertiary/aromatic N) is 3. The molecule has 0 aliphatic carbocycles. The number of thiophene rings is 1. The lowest BCUT2D eigenvalue weighted by Gasteiger charge is -2.02. The predicted molar refractivity (Wildman–Crippen MR) is 76.2 cm³/mol. The molecule has 0 aromatic carbocycles. The van der Waals surface area contributed by atoms with E-state index in [0.717, 1.165) is 38.4 Å². The van der Waals surface area contributed by atoms with E-state index in [0.29, 0.717) is 6.61 Å². The molecule has 0 radical (unpaired) electrons. The summed E-state index contributed by atoms with van der Waals surface area (Å²) in [6.07, 6.45) is 2.95. The molecule has 104 valence electrons. The van der Waals surface area contributed by atoms with Crippen LogP contribution < -0.4 is 5.32 Å². The molecule has 19 heavy (non-hydrogen) atoms. The summed E-state index contributed by atoms with van der Waals surface area (Å²) in [6, 6.07) is 4.21. The van der Waals surface area contributed by atoms with Gasteiger partial charge in [0.15, 0.2) is 0 Å². The highest BCUT2D eigenvalue weighted by Crippen LogP contribution is 2.08. The topological polar surface area (TPSA) is 52.0 Å². The van der Waals surface area contributed by atoms with Crippen molar-refractivity contribution in [2.45, 2.75) is 26.4 Å². The van der Waals surface area contributed by atoms with Crippen molar-refractivity contribution >= 4 is 11.3 Å². The van der Waals surface area contributed by atoms with Gasteiger partial charge in [0, 0.05) is 24.0 Å². The second-order valence-corrected chi connectivity index (χ2v) is 5.23. The number of aromatic nitrogens is 3. The molecular formula is C13H20N4OS. The molecule has 0 aliphatic heterocycles. The fraction of sp³-hybridized carbons (Fsp3) is 0.538. The van der Waals surface area contributed by atoms with Gasteiger partial charge in [-0.15, -0.1) is 16.4 Å². The van der Waals surface area contributed by atoms with Crippen molar-refractivity contribution in [1.29, 1.82) is 0 Å². The van der Waals surface area contributed by atoms with E-state index in [2.05, 4.69) is 40.1 Å². The molecular weight excluding hydrogens is 260 g/mol. The first-order valence-corrected chi connectivity index (χ1v) is 7.46. The highest BCUT2D eigenvalue weighted by atomic mass is 32.1. The highest BCUT2D eigenvalue weighted by Gasteiger charge is 2.00. The lowest BCUT2D eigenvalue weighted by atomic mass is 10.4. The van der Waals surface area contributed by atoms with Crippen LogP contribution in [0.1, 0.15) is 17.5 Å². The Labute approximate surface area is 117 Å². The number of nitrogens with one attached hydrogen (secondary N) is 1. The molecule has 2 aromatic heterocycles. The smallest absolute Gasteiger partial charge is 0.0964 e. The Morgan fingerprint density at radius 3 is 3.16 bits per heavy atom. The van der Waals surface area contributed by atoms with Gasteiger partial charge < -0.3 is 10.1 Å². The molecule has 5 nitrogen and oxygen atoms in total. The van der Waals surface area contributed by atoms with Gasteiger partial charge in [-0.1, -0.05) is 18.2 Å². The van der Waals surface area contributed by atoms with E-state index in [1.54, 1.807) is 11.3 Å². The Bertz CT molecular complexity index is 455. The van der Waals surface area contributed by atoms with Gasteiger partial charge in [-0.2, -0.15) is 0 Å². The lowest BCUT2D eigenvalue weighted by Crippen LogP contribution is -2.12. The monoisotopic (exact) mass is 280 g/mol. The SMILES string of the molecule is CCNCc1cn(CCOCCc2cccs2)nn1. The minimum atomic E-state index is 0.676. The molecule has 0 aliphatic rings. The molecule has 0 spiro atoms. The van der Waals surface area contributed by atoms with Gasteiger partial charge in [0.25, 0.3) is 0 Å². The summed E-state index contributed by atoms with van der Waals surface area (Å²) in [6.45, 7) is 5.98. The average Bonchev–Trinajstić information content (AvgIpc) is 3.07. The summed E-state index contributed by atoms with van der Waals surface area (Å²) in [7, 11) is 0. The third-order valence-electron chi connectivity index (χ3n) is 2.68. The van der Waals surface area contributed by atoms with Crippen molar-refractivity contribution < 1.29 is 4.74 Å².